The van der Waals surface area contributed by atoms with Crippen molar-refractivity contribution in [1.82, 2.24) is 20.0 Å². The lowest BCUT2D eigenvalue weighted by molar-refractivity contribution is 0.801. The largest absolute Gasteiger partial charge is 0.386 e. The summed E-state index contributed by atoms with van der Waals surface area (Å²) in [4.78, 5) is 3.99. The van der Waals surface area contributed by atoms with Crippen LogP contribution in [0, 0.1) is 0 Å². The number of nitrogens with zero attached hydrogens (tertiary/aromatic N) is 4. The van der Waals surface area contributed by atoms with Gasteiger partial charge in [0, 0.05) is 13.1 Å². The average molecular weight is 190 g/mol. The number of rotatable bonds is 2. The lowest BCUT2D eigenvalue weighted by Gasteiger charge is -2.07. The predicted molar refractivity (Wildman–Crippen MR) is 53.1 cm³/mol. The molecule has 2 aromatic heterocycles. The number of nitrogens with one attached hydrogen (secondary N) is 1. The molecule has 0 aliphatic carbocycles. The maximum atomic E-state index is 5.56. The summed E-state index contributed by atoms with van der Waals surface area (Å²) in [7, 11) is 1.81. The van der Waals surface area contributed by atoms with Crippen molar-refractivity contribution in [2.75, 3.05) is 18.1 Å². The Morgan fingerprint density at radius 3 is 3.00 bits per heavy atom. The zero-order chi connectivity index (χ0) is 9.97. The molecule has 3 N–H and O–H groups in total. The molecule has 0 aliphatic rings. The van der Waals surface area contributed by atoms with Gasteiger partial charge >= 0.3 is 0 Å². The van der Waals surface area contributed by atoms with Crippen LogP contribution in [0.3, 0.4) is 0 Å². The topological polar surface area (TPSA) is 81.6 Å². The van der Waals surface area contributed by atoms with Gasteiger partial charge in [-0.05, 0) is 0 Å². The molecule has 0 bridgehead atoms. The summed E-state index contributed by atoms with van der Waals surface area (Å²) in [6, 6.07) is 1.75. The number of nitrogens with two attached hydrogens (primary N) is 1. The van der Waals surface area contributed by atoms with Gasteiger partial charge in [-0.3, -0.25) is 0 Å². The summed E-state index contributed by atoms with van der Waals surface area (Å²) in [5.41, 5.74) is 7.24. The Bertz CT molecular complexity index is 421. The fourth-order valence-corrected chi connectivity index (χ4v) is 1.18. The van der Waals surface area contributed by atoms with Gasteiger partial charge in [-0.2, -0.15) is 0 Å². The summed E-state index contributed by atoms with van der Waals surface area (Å²) < 4.78 is 1.62. The quantitative estimate of drug-likeness (QED) is 0.711. The molecule has 0 atom stereocenters. The molecule has 0 unspecified atom stereocenters. The Morgan fingerprint density at radius 2 is 2.36 bits per heavy atom. The highest BCUT2D eigenvalue weighted by Gasteiger charge is 2.04. The molecule has 0 aromatic carbocycles. The molecule has 6 heteroatoms. The molecule has 0 saturated carbocycles. The number of aromatic nitrogens is 4. The molecule has 2 rings (SSSR count). The SMILES string of the molecule is CNc1cc(N)ncc1-n1ccnn1. The number of nitrogen functional groups attached to an aromatic ring is 1. The molecule has 0 aliphatic heterocycles. The summed E-state index contributed by atoms with van der Waals surface area (Å²) >= 11 is 0. The van der Waals surface area contributed by atoms with Crippen LogP contribution in [0.4, 0.5) is 11.5 Å². The van der Waals surface area contributed by atoms with E-state index in [-0.39, 0.29) is 0 Å². The van der Waals surface area contributed by atoms with E-state index in [1.54, 1.807) is 29.3 Å². The van der Waals surface area contributed by atoms with Crippen LogP contribution in [0.25, 0.3) is 5.69 Å². The molecular formula is C8H10N6. The van der Waals surface area contributed by atoms with Gasteiger partial charge in [-0.1, -0.05) is 5.21 Å². The van der Waals surface area contributed by atoms with Crippen LogP contribution in [0.2, 0.25) is 0 Å². The van der Waals surface area contributed by atoms with Crippen molar-refractivity contribution in [3.8, 4) is 5.69 Å². The monoisotopic (exact) mass is 190 g/mol. The van der Waals surface area contributed by atoms with Crippen LogP contribution in [0.1, 0.15) is 0 Å². The first kappa shape index (κ1) is 8.49. The molecule has 0 fully saturated rings. The van der Waals surface area contributed by atoms with Gasteiger partial charge in [-0.25, -0.2) is 9.67 Å². The lowest BCUT2D eigenvalue weighted by atomic mass is 10.3. The van der Waals surface area contributed by atoms with Gasteiger partial charge in [0.25, 0.3) is 0 Å². The van der Waals surface area contributed by atoms with E-state index in [1.807, 2.05) is 7.05 Å². The van der Waals surface area contributed by atoms with Crippen LogP contribution >= 0.6 is 0 Å². The van der Waals surface area contributed by atoms with Gasteiger partial charge in [0.05, 0.1) is 24.3 Å². The molecule has 6 nitrogen and oxygen atoms in total. The number of hydrogen-bond acceptors (Lipinski definition) is 5. The maximum absolute atomic E-state index is 5.56. The third kappa shape index (κ3) is 1.37. The molecule has 2 heterocycles. The third-order valence-electron chi connectivity index (χ3n) is 1.84. The summed E-state index contributed by atoms with van der Waals surface area (Å²) in [6.07, 6.45) is 5.00. The minimum Gasteiger partial charge on any atom is -0.386 e. The highest BCUT2D eigenvalue weighted by atomic mass is 15.4. The van der Waals surface area contributed by atoms with Crippen molar-refractivity contribution in [3.05, 3.63) is 24.7 Å². The molecule has 0 amide bonds. The van der Waals surface area contributed by atoms with E-state index in [0.29, 0.717) is 5.82 Å². The molecule has 0 radical (unpaired) electrons. The average Bonchev–Trinajstić information content (AvgIpc) is 2.70. The second-order valence-electron chi connectivity index (χ2n) is 2.72. The van der Waals surface area contributed by atoms with Crippen LogP contribution in [0.15, 0.2) is 24.7 Å². The van der Waals surface area contributed by atoms with E-state index in [2.05, 4.69) is 20.6 Å². The van der Waals surface area contributed by atoms with Crippen LogP contribution in [0.5, 0.6) is 0 Å². The first-order valence-electron chi connectivity index (χ1n) is 4.11. The molecule has 2 aromatic rings. The van der Waals surface area contributed by atoms with Crippen LogP contribution in [-0.4, -0.2) is 27.0 Å². The Balaban J connectivity index is 2.53. The Labute approximate surface area is 80.8 Å². The molecule has 72 valence electrons. The first-order chi connectivity index (χ1) is 6.81. The zero-order valence-electron chi connectivity index (χ0n) is 7.68. The van der Waals surface area contributed by atoms with Crippen molar-refractivity contribution >= 4 is 11.5 Å². The van der Waals surface area contributed by atoms with E-state index < -0.39 is 0 Å². The van der Waals surface area contributed by atoms with Crippen molar-refractivity contribution in [3.63, 3.8) is 0 Å². The number of anilines is 2. The fraction of sp³-hybridized carbons (Fsp3) is 0.125. The normalized spacial score (nSPS) is 10.1. The van der Waals surface area contributed by atoms with E-state index in [1.165, 1.54) is 0 Å². The summed E-state index contributed by atoms with van der Waals surface area (Å²) in [6.45, 7) is 0. The van der Waals surface area contributed by atoms with E-state index in [0.717, 1.165) is 11.4 Å². The predicted octanol–water partition coefficient (Wildman–Crippen LogP) is 0.286. The van der Waals surface area contributed by atoms with E-state index in [4.69, 9.17) is 5.73 Å². The van der Waals surface area contributed by atoms with Crippen LogP contribution < -0.4 is 11.1 Å². The lowest BCUT2D eigenvalue weighted by Crippen LogP contribution is -2.03. The van der Waals surface area contributed by atoms with Gasteiger partial charge in [0.2, 0.25) is 0 Å². The summed E-state index contributed by atoms with van der Waals surface area (Å²) in [5, 5.41) is 10.6. The fourth-order valence-electron chi connectivity index (χ4n) is 1.18. The van der Waals surface area contributed by atoms with Gasteiger partial charge in [0.15, 0.2) is 0 Å². The Morgan fingerprint density at radius 1 is 1.50 bits per heavy atom. The van der Waals surface area contributed by atoms with Gasteiger partial charge in [0.1, 0.15) is 11.5 Å². The minimum atomic E-state index is 0.471. The van der Waals surface area contributed by atoms with Crippen molar-refractivity contribution in [2.24, 2.45) is 0 Å². The third-order valence-corrected chi connectivity index (χ3v) is 1.84. The Hall–Kier alpha value is -2.11. The minimum absolute atomic E-state index is 0.471. The smallest absolute Gasteiger partial charge is 0.125 e. The summed E-state index contributed by atoms with van der Waals surface area (Å²) in [5.74, 6) is 0.471. The standard InChI is InChI=1S/C8H10N6/c1-10-6-4-8(9)11-5-7(6)14-3-2-12-13-14/h2-5H,1H3,(H3,9,10,11). The second kappa shape index (κ2) is 3.33. The maximum Gasteiger partial charge on any atom is 0.125 e. The molecule has 0 spiro atoms. The Kier molecular flexibility index (Phi) is 2.02. The van der Waals surface area contributed by atoms with Crippen molar-refractivity contribution in [2.45, 2.75) is 0 Å². The zero-order valence-corrected chi connectivity index (χ0v) is 7.68. The van der Waals surface area contributed by atoms with E-state index >= 15 is 0 Å². The molecular weight excluding hydrogens is 180 g/mol. The highest BCUT2D eigenvalue weighted by molar-refractivity contribution is 5.63. The van der Waals surface area contributed by atoms with Gasteiger partial charge < -0.3 is 11.1 Å². The number of pyridine rings is 1. The second-order valence-corrected chi connectivity index (χ2v) is 2.72. The highest BCUT2D eigenvalue weighted by Crippen LogP contribution is 2.19. The van der Waals surface area contributed by atoms with Crippen molar-refractivity contribution in [1.29, 1.82) is 0 Å². The van der Waals surface area contributed by atoms with Crippen LogP contribution in [-0.2, 0) is 0 Å². The van der Waals surface area contributed by atoms with Crippen molar-refractivity contribution < 1.29 is 0 Å². The molecule has 14 heavy (non-hydrogen) atoms. The number of hydrogen-bond donors (Lipinski definition) is 2. The van der Waals surface area contributed by atoms with Gasteiger partial charge in [-0.15, -0.1) is 5.10 Å². The molecule has 0 saturated heterocycles. The first-order valence-corrected chi connectivity index (χ1v) is 4.11. The van der Waals surface area contributed by atoms with E-state index in [9.17, 15) is 0 Å².